The number of pyridine rings is 1. The SMILES string of the molecule is CC(C)(C)OC(=O)N1CC2(CN(CC(=O)Nc3cn4cc(Br)ccc4n3)C2)C1. The van der Waals surface area contributed by atoms with E-state index in [1.165, 1.54) is 0 Å². The molecule has 0 saturated carbocycles. The molecule has 1 N–H and O–H groups in total. The van der Waals surface area contributed by atoms with Gasteiger partial charge in [-0.25, -0.2) is 9.78 Å². The number of imidazole rings is 1. The van der Waals surface area contributed by atoms with Gasteiger partial charge in [0, 0.05) is 42.3 Å². The van der Waals surface area contributed by atoms with Crippen LogP contribution in [0.25, 0.3) is 5.65 Å². The van der Waals surface area contributed by atoms with Crippen LogP contribution in [0.4, 0.5) is 10.6 Å². The summed E-state index contributed by atoms with van der Waals surface area (Å²) < 4.78 is 8.20. The minimum absolute atomic E-state index is 0.0827. The first-order valence-electron chi connectivity index (χ1n) is 9.25. The molecule has 2 aromatic heterocycles. The van der Waals surface area contributed by atoms with Crippen molar-refractivity contribution in [2.75, 3.05) is 38.0 Å². The lowest BCUT2D eigenvalue weighted by Crippen LogP contribution is -2.73. The number of hydrogen-bond acceptors (Lipinski definition) is 5. The molecule has 1 spiro atoms. The monoisotopic (exact) mass is 449 g/mol. The third-order valence-corrected chi connectivity index (χ3v) is 5.34. The molecule has 2 aromatic rings. The van der Waals surface area contributed by atoms with Gasteiger partial charge in [0.05, 0.1) is 12.7 Å². The van der Waals surface area contributed by atoms with Gasteiger partial charge in [0.1, 0.15) is 11.2 Å². The van der Waals surface area contributed by atoms with Gasteiger partial charge in [-0.2, -0.15) is 0 Å². The summed E-state index contributed by atoms with van der Waals surface area (Å²) in [5, 5.41) is 2.85. The van der Waals surface area contributed by atoms with Gasteiger partial charge in [0.25, 0.3) is 0 Å². The van der Waals surface area contributed by atoms with Crippen LogP contribution in [0.2, 0.25) is 0 Å². The predicted octanol–water partition coefficient (Wildman–Crippen LogP) is 2.59. The standard InChI is InChI=1S/C19H24BrN5O3/c1-18(2,3)28-17(27)25-11-19(12-25)9-23(10-19)8-16(26)22-14-7-24-6-13(20)4-5-15(24)21-14/h4-7H,8-12H2,1-3H3,(H,22,26). The molecule has 0 radical (unpaired) electrons. The maximum absolute atomic E-state index is 12.3. The lowest BCUT2D eigenvalue weighted by molar-refractivity contribution is -0.132. The minimum Gasteiger partial charge on any atom is -0.444 e. The van der Waals surface area contributed by atoms with Gasteiger partial charge in [0.2, 0.25) is 5.91 Å². The van der Waals surface area contributed by atoms with E-state index in [1.54, 1.807) is 11.1 Å². The molecule has 0 unspecified atom stereocenters. The Morgan fingerprint density at radius 3 is 2.61 bits per heavy atom. The zero-order valence-corrected chi connectivity index (χ0v) is 17.8. The van der Waals surface area contributed by atoms with Gasteiger partial charge in [-0.15, -0.1) is 0 Å². The number of ether oxygens (including phenoxy) is 1. The Hall–Kier alpha value is -2.13. The van der Waals surface area contributed by atoms with Crippen molar-refractivity contribution in [3.05, 3.63) is 29.0 Å². The Kier molecular flexibility index (Phi) is 4.62. The zero-order valence-electron chi connectivity index (χ0n) is 16.2. The average Bonchev–Trinajstić information content (AvgIpc) is 2.87. The van der Waals surface area contributed by atoms with Gasteiger partial charge < -0.3 is 19.4 Å². The third-order valence-electron chi connectivity index (χ3n) is 4.87. The van der Waals surface area contributed by atoms with Crippen molar-refractivity contribution < 1.29 is 14.3 Å². The fourth-order valence-corrected chi connectivity index (χ4v) is 4.20. The van der Waals surface area contributed by atoms with Crippen LogP contribution in [0.3, 0.4) is 0 Å². The Morgan fingerprint density at radius 2 is 1.93 bits per heavy atom. The summed E-state index contributed by atoms with van der Waals surface area (Å²) in [6.07, 6.45) is 3.43. The number of nitrogens with zero attached hydrogens (tertiary/aromatic N) is 4. The van der Waals surface area contributed by atoms with E-state index in [9.17, 15) is 9.59 Å². The Balaban J connectivity index is 1.23. The van der Waals surface area contributed by atoms with Crippen molar-refractivity contribution in [1.82, 2.24) is 19.2 Å². The van der Waals surface area contributed by atoms with Gasteiger partial charge in [0.15, 0.2) is 5.82 Å². The van der Waals surface area contributed by atoms with Crippen LogP contribution < -0.4 is 5.32 Å². The van der Waals surface area contributed by atoms with Crippen LogP contribution in [-0.2, 0) is 9.53 Å². The van der Waals surface area contributed by atoms with E-state index >= 15 is 0 Å². The van der Waals surface area contributed by atoms with E-state index in [0.717, 1.165) is 23.2 Å². The summed E-state index contributed by atoms with van der Waals surface area (Å²) in [6.45, 7) is 8.95. The molecule has 9 heteroatoms. The predicted molar refractivity (Wildman–Crippen MR) is 108 cm³/mol. The highest BCUT2D eigenvalue weighted by Crippen LogP contribution is 2.40. The second-order valence-electron chi connectivity index (χ2n) is 8.77. The smallest absolute Gasteiger partial charge is 0.410 e. The summed E-state index contributed by atoms with van der Waals surface area (Å²) in [5.41, 5.74) is 0.419. The molecule has 0 aromatic carbocycles. The van der Waals surface area contributed by atoms with E-state index in [4.69, 9.17) is 4.74 Å². The van der Waals surface area contributed by atoms with Crippen LogP contribution in [0.5, 0.6) is 0 Å². The third kappa shape index (κ3) is 4.00. The normalized spacial score (nSPS) is 18.6. The van der Waals surface area contributed by atoms with E-state index in [0.29, 0.717) is 25.5 Å². The van der Waals surface area contributed by atoms with Crippen LogP contribution in [0.1, 0.15) is 20.8 Å². The summed E-state index contributed by atoms with van der Waals surface area (Å²) in [4.78, 5) is 32.6. The topological polar surface area (TPSA) is 79.2 Å². The first kappa shape index (κ1) is 19.2. The molecule has 4 rings (SSSR count). The Bertz CT molecular complexity index is 921. The molecule has 0 bridgehead atoms. The molecule has 2 amide bonds. The molecule has 8 nitrogen and oxygen atoms in total. The van der Waals surface area contributed by atoms with Crippen molar-refractivity contribution in [1.29, 1.82) is 0 Å². The molecular weight excluding hydrogens is 426 g/mol. The van der Waals surface area contributed by atoms with E-state index in [2.05, 4.69) is 31.1 Å². The number of likely N-dealkylation sites (tertiary alicyclic amines) is 2. The number of carbonyl (C=O) groups excluding carboxylic acids is 2. The quantitative estimate of drug-likeness (QED) is 0.778. The molecule has 2 aliphatic heterocycles. The summed E-state index contributed by atoms with van der Waals surface area (Å²) in [5.74, 6) is 0.457. The summed E-state index contributed by atoms with van der Waals surface area (Å²) in [6, 6.07) is 3.79. The molecule has 2 aliphatic rings. The highest BCUT2D eigenvalue weighted by molar-refractivity contribution is 9.10. The highest BCUT2D eigenvalue weighted by Gasteiger charge is 2.54. The van der Waals surface area contributed by atoms with Gasteiger partial charge in [-0.1, -0.05) is 0 Å². The van der Waals surface area contributed by atoms with Gasteiger partial charge in [-0.05, 0) is 48.8 Å². The van der Waals surface area contributed by atoms with Gasteiger partial charge >= 0.3 is 6.09 Å². The fourth-order valence-electron chi connectivity index (χ4n) is 3.84. The number of carbonyl (C=O) groups is 2. The van der Waals surface area contributed by atoms with Gasteiger partial charge in [-0.3, -0.25) is 9.69 Å². The molecule has 2 fully saturated rings. The number of halogens is 1. The lowest BCUT2D eigenvalue weighted by Gasteiger charge is -2.59. The molecule has 0 atom stereocenters. The van der Waals surface area contributed by atoms with Crippen LogP contribution >= 0.6 is 15.9 Å². The highest BCUT2D eigenvalue weighted by atomic mass is 79.9. The van der Waals surface area contributed by atoms with Crippen molar-refractivity contribution in [3.8, 4) is 0 Å². The van der Waals surface area contributed by atoms with Crippen LogP contribution in [-0.4, -0.2) is 69.5 Å². The second kappa shape index (κ2) is 6.73. The van der Waals surface area contributed by atoms with Crippen molar-refractivity contribution in [2.45, 2.75) is 26.4 Å². The van der Waals surface area contributed by atoms with E-state index in [1.807, 2.05) is 43.5 Å². The molecule has 28 heavy (non-hydrogen) atoms. The van der Waals surface area contributed by atoms with Crippen molar-refractivity contribution in [3.63, 3.8) is 0 Å². The van der Waals surface area contributed by atoms with Crippen LogP contribution in [0.15, 0.2) is 29.0 Å². The zero-order chi connectivity index (χ0) is 20.1. The number of nitrogens with one attached hydrogen (secondary N) is 1. The molecule has 150 valence electrons. The Morgan fingerprint density at radius 1 is 1.21 bits per heavy atom. The Labute approximate surface area is 172 Å². The number of hydrogen-bond donors (Lipinski definition) is 1. The maximum atomic E-state index is 12.3. The number of anilines is 1. The first-order valence-corrected chi connectivity index (χ1v) is 10.0. The number of fused-ring (bicyclic) bond motifs is 1. The summed E-state index contributed by atoms with van der Waals surface area (Å²) >= 11 is 3.42. The van der Waals surface area contributed by atoms with Crippen LogP contribution in [0, 0.1) is 5.41 Å². The largest absolute Gasteiger partial charge is 0.444 e. The number of aromatic nitrogens is 2. The second-order valence-corrected chi connectivity index (χ2v) is 9.68. The number of amides is 2. The van der Waals surface area contributed by atoms with E-state index < -0.39 is 5.60 Å². The summed E-state index contributed by atoms with van der Waals surface area (Å²) in [7, 11) is 0. The molecule has 4 heterocycles. The minimum atomic E-state index is -0.475. The first-order chi connectivity index (χ1) is 13.1. The fraction of sp³-hybridized carbons (Fsp3) is 0.526. The maximum Gasteiger partial charge on any atom is 0.410 e. The van der Waals surface area contributed by atoms with Crippen molar-refractivity contribution in [2.24, 2.45) is 5.41 Å². The molecular formula is C19H24BrN5O3. The average molecular weight is 450 g/mol. The van der Waals surface area contributed by atoms with E-state index in [-0.39, 0.29) is 17.4 Å². The van der Waals surface area contributed by atoms with Crippen molar-refractivity contribution >= 4 is 39.4 Å². The molecule has 2 saturated heterocycles. The lowest BCUT2D eigenvalue weighted by atomic mass is 9.73. The number of rotatable bonds is 3. The molecule has 0 aliphatic carbocycles.